The molecule has 0 aromatic carbocycles. The summed E-state index contributed by atoms with van der Waals surface area (Å²) in [5.41, 5.74) is 0. The molecule has 0 saturated carbocycles. The first-order valence-corrected chi connectivity index (χ1v) is 5.48. The number of nitrogens with one attached hydrogen (secondary N) is 1. The first-order valence-electron chi connectivity index (χ1n) is 3.87. The minimum Gasteiger partial charge on any atom is -0.342 e. The molecule has 0 aliphatic carbocycles. The topological polar surface area (TPSA) is 29.1 Å². The maximum absolute atomic E-state index is 11.1. The first kappa shape index (κ1) is 11.0. The summed E-state index contributed by atoms with van der Waals surface area (Å²) in [5.74, 6) is 2.16. The van der Waals surface area contributed by atoms with Gasteiger partial charge < -0.3 is 5.32 Å². The predicted octanol–water partition coefficient (Wildman–Crippen LogP) is 2.27. The molecule has 0 spiro atoms. The summed E-state index contributed by atoms with van der Waals surface area (Å²) < 4.78 is 1.04. The monoisotopic (exact) mass is 269 g/mol. The largest absolute Gasteiger partial charge is 0.342 e. The van der Waals surface area contributed by atoms with Gasteiger partial charge in [-0.2, -0.15) is 0 Å². The van der Waals surface area contributed by atoms with Gasteiger partial charge in [-0.1, -0.05) is 5.92 Å². The van der Waals surface area contributed by atoms with E-state index in [2.05, 4.69) is 27.2 Å². The molecule has 72 valence electrons. The number of hydrogen-bond donors (Lipinski definition) is 1. The van der Waals surface area contributed by atoms with Crippen LogP contribution in [-0.4, -0.2) is 12.5 Å². The van der Waals surface area contributed by atoms with Gasteiger partial charge in [0.15, 0.2) is 0 Å². The molecule has 1 aromatic heterocycles. The maximum atomic E-state index is 11.1. The molecule has 1 aromatic rings. The Balaban J connectivity index is 2.48. The van der Waals surface area contributed by atoms with Crippen LogP contribution in [0.2, 0.25) is 0 Å². The van der Waals surface area contributed by atoms with E-state index in [-0.39, 0.29) is 12.5 Å². The molecule has 2 nitrogen and oxygen atoms in total. The van der Waals surface area contributed by atoms with Crippen LogP contribution in [0.3, 0.4) is 0 Å². The van der Waals surface area contributed by atoms with Crippen molar-refractivity contribution in [2.75, 3.05) is 6.54 Å². The number of amides is 1. The summed E-state index contributed by atoms with van der Waals surface area (Å²) in [6, 6.07) is 3.86. The molecule has 0 aliphatic heterocycles. The predicted molar refractivity (Wildman–Crippen MR) is 62.9 cm³/mol. The van der Waals surface area contributed by atoms with Crippen molar-refractivity contribution in [3.05, 3.63) is 26.9 Å². The average molecular weight is 270 g/mol. The molecule has 0 unspecified atom stereocenters. The van der Waals surface area contributed by atoms with Crippen LogP contribution >= 0.6 is 27.3 Å². The second kappa shape index (κ2) is 5.63. The summed E-state index contributed by atoms with van der Waals surface area (Å²) in [5, 5.41) is 2.54. The molecule has 0 aliphatic rings. The average Bonchev–Trinajstić information content (AvgIpc) is 2.58. The van der Waals surface area contributed by atoms with Gasteiger partial charge in [0.2, 0.25) is 5.91 Å². The van der Waals surface area contributed by atoms with Crippen molar-refractivity contribution in [1.82, 2.24) is 5.32 Å². The number of rotatable bonds is 3. The van der Waals surface area contributed by atoms with E-state index in [0.717, 1.165) is 8.66 Å². The van der Waals surface area contributed by atoms with E-state index < -0.39 is 0 Å². The van der Waals surface area contributed by atoms with Crippen LogP contribution < -0.4 is 5.32 Å². The van der Waals surface area contributed by atoms with Crippen LogP contribution in [0.25, 0.3) is 6.08 Å². The van der Waals surface area contributed by atoms with Crippen molar-refractivity contribution in [3.63, 3.8) is 0 Å². The zero-order valence-corrected chi connectivity index (χ0v) is 9.69. The van der Waals surface area contributed by atoms with Gasteiger partial charge in [0.05, 0.1) is 10.3 Å². The van der Waals surface area contributed by atoms with Gasteiger partial charge in [-0.15, -0.1) is 17.8 Å². The van der Waals surface area contributed by atoms with E-state index in [1.807, 2.05) is 12.1 Å². The standard InChI is InChI=1S/C10H8BrNOS/c1-2-7-12-10(13)6-4-8-3-5-9(11)14-8/h1,3-6H,7H2,(H,12,13). The highest BCUT2D eigenvalue weighted by Gasteiger charge is 1.95. The number of halogens is 1. The Bertz CT molecular complexity index is 389. The fourth-order valence-electron chi connectivity index (χ4n) is 0.773. The molecule has 1 heterocycles. The van der Waals surface area contributed by atoms with Gasteiger partial charge in [0, 0.05) is 11.0 Å². The highest BCUT2D eigenvalue weighted by molar-refractivity contribution is 9.11. The molecular weight excluding hydrogens is 262 g/mol. The quantitative estimate of drug-likeness (QED) is 0.662. The van der Waals surface area contributed by atoms with E-state index in [0.29, 0.717) is 0 Å². The normalized spacial score (nSPS) is 10.0. The van der Waals surface area contributed by atoms with Crippen LogP contribution in [-0.2, 0) is 4.79 Å². The number of carbonyl (C=O) groups is 1. The minimum atomic E-state index is -0.174. The van der Waals surface area contributed by atoms with Crippen molar-refractivity contribution in [2.45, 2.75) is 0 Å². The zero-order valence-electron chi connectivity index (χ0n) is 7.29. The Kier molecular flexibility index (Phi) is 4.44. The van der Waals surface area contributed by atoms with Crippen LogP contribution in [0.4, 0.5) is 0 Å². The summed E-state index contributed by atoms with van der Waals surface area (Å²) >= 11 is 4.90. The highest BCUT2D eigenvalue weighted by atomic mass is 79.9. The summed E-state index contributed by atoms with van der Waals surface area (Å²) in [6.45, 7) is 0.261. The molecule has 0 atom stereocenters. The molecular formula is C10H8BrNOS. The van der Waals surface area contributed by atoms with Gasteiger partial charge >= 0.3 is 0 Å². The van der Waals surface area contributed by atoms with E-state index in [4.69, 9.17) is 6.42 Å². The van der Waals surface area contributed by atoms with E-state index >= 15 is 0 Å². The van der Waals surface area contributed by atoms with Crippen molar-refractivity contribution >= 4 is 39.2 Å². The van der Waals surface area contributed by atoms with Crippen molar-refractivity contribution in [3.8, 4) is 12.3 Å². The third kappa shape index (κ3) is 3.77. The van der Waals surface area contributed by atoms with Crippen LogP contribution in [0.15, 0.2) is 22.0 Å². The molecule has 0 fully saturated rings. The smallest absolute Gasteiger partial charge is 0.244 e. The third-order valence-corrected chi connectivity index (χ3v) is 2.95. The Morgan fingerprint density at radius 2 is 2.50 bits per heavy atom. The number of carbonyl (C=O) groups excluding carboxylic acids is 1. The van der Waals surface area contributed by atoms with Crippen molar-refractivity contribution < 1.29 is 4.79 Å². The van der Waals surface area contributed by atoms with Gasteiger partial charge in [0.25, 0.3) is 0 Å². The Morgan fingerprint density at radius 1 is 1.71 bits per heavy atom. The molecule has 14 heavy (non-hydrogen) atoms. The second-order valence-electron chi connectivity index (χ2n) is 2.40. The third-order valence-electron chi connectivity index (χ3n) is 1.36. The van der Waals surface area contributed by atoms with Gasteiger partial charge in [0.1, 0.15) is 0 Å². The van der Waals surface area contributed by atoms with Crippen LogP contribution in [0.1, 0.15) is 4.88 Å². The molecule has 1 N–H and O–H groups in total. The van der Waals surface area contributed by atoms with Crippen molar-refractivity contribution in [1.29, 1.82) is 0 Å². The van der Waals surface area contributed by atoms with E-state index in [9.17, 15) is 4.79 Å². The molecule has 0 bridgehead atoms. The fourth-order valence-corrected chi connectivity index (χ4v) is 2.10. The lowest BCUT2D eigenvalue weighted by Gasteiger charge is -1.92. The SMILES string of the molecule is C#CCNC(=O)C=Cc1ccc(Br)s1. The fraction of sp³-hybridized carbons (Fsp3) is 0.100. The van der Waals surface area contributed by atoms with Gasteiger partial charge in [-0.25, -0.2) is 0 Å². The first-order chi connectivity index (χ1) is 6.72. The Morgan fingerprint density at radius 3 is 3.07 bits per heavy atom. The van der Waals surface area contributed by atoms with Gasteiger partial charge in [-0.05, 0) is 34.1 Å². The zero-order chi connectivity index (χ0) is 10.4. The molecule has 0 radical (unpaired) electrons. The molecule has 1 amide bonds. The second-order valence-corrected chi connectivity index (χ2v) is 4.89. The lowest BCUT2D eigenvalue weighted by Crippen LogP contribution is -2.20. The number of thiophene rings is 1. The van der Waals surface area contributed by atoms with Crippen molar-refractivity contribution in [2.24, 2.45) is 0 Å². The van der Waals surface area contributed by atoms with Crippen LogP contribution in [0, 0.1) is 12.3 Å². The molecule has 0 saturated heterocycles. The van der Waals surface area contributed by atoms with Crippen LogP contribution in [0.5, 0.6) is 0 Å². The molecule has 1 rings (SSSR count). The van der Waals surface area contributed by atoms with Gasteiger partial charge in [-0.3, -0.25) is 4.79 Å². The Labute approximate surface area is 95.1 Å². The number of terminal acetylenes is 1. The highest BCUT2D eigenvalue weighted by Crippen LogP contribution is 2.22. The summed E-state index contributed by atoms with van der Waals surface area (Å²) in [6.07, 6.45) is 8.21. The summed E-state index contributed by atoms with van der Waals surface area (Å²) in [4.78, 5) is 12.1. The lowest BCUT2D eigenvalue weighted by atomic mass is 10.4. The lowest BCUT2D eigenvalue weighted by molar-refractivity contribution is -0.116. The number of hydrogen-bond acceptors (Lipinski definition) is 2. The van der Waals surface area contributed by atoms with E-state index in [1.54, 1.807) is 17.4 Å². The Hall–Kier alpha value is -1.05. The van der Waals surface area contributed by atoms with E-state index in [1.165, 1.54) is 6.08 Å². The summed E-state index contributed by atoms with van der Waals surface area (Å²) in [7, 11) is 0. The minimum absolute atomic E-state index is 0.174. The molecule has 4 heteroatoms. The maximum Gasteiger partial charge on any atom is 0.244 e.